The Morgan fingerprint density at radius 3 is 2.88 bits per heavy atom. The zero-order valence-corrected chi connectivity index (χ0v) is 15.4. The van der Waals surface area contributed by atoms with Crippen molar-refractivity contribution in [2.24, 2.45) is 0 Å². The second kappa shape index (κ2) is 7.76. The fraction of sp³-hybridized carbons (Fsp3) is 0.526. The summed E-state index contributed by atoms with van der Waals surface area (Å²) >= 11 is 0. The number of carbonyl (C=O) groups is 1. The van der Waals surface area contributed by atoms with Gasteiger partial charge in [0.1, 0.15) is 11.4 Å². The van der Waals surface area contributed by atoms with E-state index in [0.29, 0.717) is 24.0 Å². The van der Waals surface area contributed by atoms with E-state index in [9.17, 15) is 4.79 Å². The molecule has 2 heterocycles. The summed E-state index contributed by atoms with van der Waals surface area (Å²) in [7, 11) is 1.62. The molecule has 1 aromatic carbocycles. The lowest BCUT2D eigenvalue weighted by molar-refractivity contribution is 0.0286. The second-order valence-corrected chi connectivity index (χ2v) is 7.11. The number of hydrogen-bond acceptors (Lipinski definition) is 6. The minimum absolute atomic E-state index is 0.0974. The number of alkyl carbamates (subject to hydrolysis) is 1. The van der Waals surface area contributed by atoms with Crippen LogP contribution in [0, 0.1) is 0 Å². The van der Waals surface area contributed by atoms with Gasteiger partial charge in [-0.2, -0.15) is 4.98 Å². The van der Waals surface area contributed by atoms with Crippen molar-refractivity contribution in [3.05, 3.63) is 30.2 Å². The van der Waals surface area contributed by atoms with Gasteiger partial charge in [0.2, 0.25) is 11.7 Å². The number of benzene rings is 1. The first-order chi connectivity index (χ1) is 12.5. The molecule has 3 rings (SSSR count). The Balaban J connectivity index is 1.77. The Labute approximate surface area is 153 Å². The first-order valence-electron chi connectivity index (χ1n) is 8.92. The second-order valence-electron chi connectivity index (χ2n) is 7.11. The maximum Gasteiger partial charge on any atom is 0.407 e. The maximum atomic E-state index is 11.8. The summed E-state index contributed by atoms with van der Waals surface area (Å²) in [6.45, 7) is 4.36. The van der Waals surface area contributed by atoms with E-state index in [4.69, 9.17) is 14.0 Å². The van der Waals surface area contributed by atoms with Crippen LogP contribution in [0.15, 0.2) is 28.8 Å². The van der Waals surface area contributed by atoms with Crippen LogP contribution in [0.25, 0.3) is 11.4 Å². The number of methoxy groups -OCH3 is 1. The van der Waals surface area contributed by atoms with Gasteiger partial charge in [-0.05, 0) is 51.7 Å². The number of ether oxygens (including phenoxy) is 2. The molecule has 1 aliphatic heterocycles. The number of aromatic nitrogens is 2. The quantitative estimate of drug-likeness (QED) is 0.894. The Morgan fingerprint density at radius 2 is 2.08 bits per heavy atom. The zero-order chi connectivity index (χ0) is 18.6. The lowest BCUT2D eigenvalue weighted by atomic mass is 9.93. The number of hydrogen-bond donors (Lipinski definition) is 1. The highest BCUT2D eigenvalue weighted by Gasteiger charge is 2.27. The Hall–Kier alpha value is -2.57. The summed E-state index contributed by atoms with van der Waals surface area (Å²) in [6.07, 6.45) is 2.94. The van der Waals surface area contributed by atoms with Crippen LogP contribution < -0.4 is 10.1 Å². The van der Waals surface area contributed by atoms with Crippen molar-refractivity contribution in [1.29, 1.82) is 0 Å². The predicted molar refractivity (Wildman–Crippen MR) is 96.1 cm³/mol. The van der Waals surface area contributed by atoms with E-state index in [0.717, 1.165) is 31.2 Å². The normalized spacial score (nSPS) is 20.7. The maximum absolute atomic E-state index is 11.8. The Bertz CT molecular complexity index is 757. The Morgan fingerprint density at radius 1 is 1.27 bits per heavy atom. The van der Waals surface area contributed by atoms with Crippen LogP contribution >= 0.6 is 0 Å². The van der Waals surface area contributed by atoms with Crippen molar-refractivity contribution in [1.82, 2.24) is 15.5 Å². The number of nitrogens with one attached hydrogen (secondary N) is 1. The number of rotatable bonds is 3. The highest BCUT2D eigenvalue weighted by Crippen LogP contribution is 2.32. The van der Waals surface area contributed by atoms with Gasteiger partial charge in [0.05, 0.1) is 12.7 Å². The molecule has 0 aliphatic carbocycles. The summed E-state index contributed by atoms with van der Waals surface area (Å²) in [6, 6.07) is 7.58. The van der Waals surface area contributed by atoms with Crippen LogP contribution in [0.2, 0.25) is 0 Å². The number of carbonyl (C=O) groups excluding carboxylic acids is 1. The van der Waals surface area contributed by atoms with Gasteiger partial charge < -0.3 is 19.3 Å². The van der Waals surface area contributed by atoms with Gasteiger partial charge in [-0.3, -0.25) is 0 Å². The molecular formula is C19H25N3O4. The lowest BCUT2D eigenvalue weighted by Gasteiger charge is -2.27. The van der Waals surface area contributed by atoms with Crippen molar-refractivity contribution in [3.63, 3.8) is 0 Å². The minimum atomic E-state index is -0.483. The molecule has 0 spiro atoms. The largest absolute Gasteiger partial charge is 0.496 e. The van der Waals surface area contributed by atoms with Gasteiger partial charge in [0.15, 0.2) is 0 Å². The SMILES string of the molecule is COc1ccccc1-c1noc(C2CCCC(C)(C)OC(=O)NCC2)n1. The summed E-state index contributed by atoms with van der Waals surface area (Å²) < 4.78 is 16.3. The van der Waals surface area contributed by atoms with Gasteiger partial charge in [0, 0.05) is 12.5 Å². The summed E-state index contributed by atoms with van der Waals surface area (Å²) in [5.74, 6) is 1.92. The fourth-order valence-electron chi connectivity index (χ4n) is 3.19. The molecular weight excluding hydrogens is 334 g/mol. The monoisotopic (exact) mass is 359 g/mol. The fourth-order valence-corrected chi connectivity index (χ4v) is 3.19. The number of nitrogens with zero attached hydrogens (tertiary/aromatic N) is 2. The third-order valence-electron chi connectivity index (χ3n) is 4.60. The molecule has 1 amide bonds. The lowest BCUT2D eigenvalue weighted by Crippen LogP contribution is -2.36. The van der Waals surface area contributed by atoms with Crippen LogP contribution in [0.1, 0.15) is 51.3 Å². The molecule has 1 fully saturated rings. The van der Waals surface area contributed by atoms with Gasteiger partial charge >= 0.3 is 6.09 Å². The van der Waals surface area contributed by atoms with E-state index in [1.165, 1.54) is 0 Å². The van der Waals surface area contributed by atoms with E-state index >= 15 is 0 Å². The summed E-state index contributed by atoms with van der Waals surface area (Å²) in [4.78, 5) is 16.4. The van der Waals surface area contributed by atoms with Crippen molar-refractivity contribution >= 4 is 6.09 Å². The highest BCUT2D eigenvalue weighted by molar-refractivity contribution is 5.67. The minimum Gasteiger partial charge on any atom is -0.496 e. The molecule has 0 saturated carbocycles. The molecule has 2 aromatic rings. The molecule has 1 aromatic heterocycles. The number of cyclic esters (lactones) is 1. The van der Waals surface area contributed by atoms with Crippen LogP contribution in [0.5, 0.6) is 5.75 Å². The van der Waals surface area contributed by atoms with Crippen LogP contribution in [0.3, 0.4) is 0 Å². The zero-order valence-electron chi connectivity index (χ0n) is 15.4. The first-order valence-corrected chi connectivity index (χ1v) is 8.92. The summed E-state index contributed by atoms with van der Waals surface area (Å²) in [5, 5.41) is 6.93. The van der Waals surface area contributed by atoms with E-state index in [-0.39, 0.29) is 12.0 Å². The van der Waals surface area contributed by atoms with E-state index in [1.807, 2.05) is 38.1 Å². The average Bonchev–Trinajstić information content (AvgIpc) is 3.09. The highest BCUT2D eigenvalue weighted by atomic mass is 16.6. The molecule has 7 nitrogen and oxygen atoms in total. The van der Waals surface area contributed by atoms with E-state index in [1.54, 1.807) is 7.11 Å². The van der Waals surface area contributed by atoms with Gasteiger partial charge in [-0.25, -0.2) is 4.79 Å². The van der Waals surface area contributed by atoms with Crippen LogP contribution in [-0.4, -0.2) is 35.5 Å². The van der Waals surface area contributed by atoms with E-state index in [2.05, 4.69) is 15.5 Å². The third kappa shape index (κ3) is 4.33. The molecule has 7 heteroatoms. The number of para-hydroxylation sites is 1. The van der Waals surface area contributed by atoms with Gasteiger partial charge in [-0.15, -0.1) is 0 Å². The molecule has 1 unspecified atom stereocenters. The first kappa shape index (κ1) is 18.2. The average molecular weight is 359 g/mol. The van der Waals surface area contributed by atoms with Crippen LogP contribution in [0.4, 0.5) is 4.79 Å². The smallest absolute Gasteiger partial charge is 0.407 e. The topological polar surface area (TPSA) is 86.5 Å². The number of amides is 1. The van der Waals surface area contributed by atoms with Crippen LogP contribution in [-0.2, 0) is 4.74 Å². The molecule has 0 bridgehead atoms. The van der Waals surface area contributed by atoms with Crippen molar-refractivity contribution < 1.29 is 18.8 Å². The standard InChI is InChI=1S/C19H25N3O4/c1-19(2)11-6-7-13(10-12-20-18(23)25-19)17-21-16(22-26-17)14-8-4-5-9-15(14)24-3/h4-5,8-9,13H,6-7,10-12H2,1-3H3,(H,20,23). The third-order valence-corrected chi connectivity index (χ3v) is 4.60. The Kier molecular flexibility index (Phi) is 5.44. The summed E-state index contributed by atoms with van der Waals surface area (Å²) in [5.41, 5.74) is 0.316. The molecule has 26 heavy (non-hydrogen) atoms. The van der Waals surface area contributed by atoms with Crippen molar-refractivity contribution in [2.75, 3.05) is 13.7 Å². The molecule has 1 atom stereocenters. The molecule has 0 radical (unpaired) electrons. The molecule has 140 valence electrons. The van der Waals surface area contributed by atoms with Crippen molar-refractivity contribution in [3.8, 4) is 17.1 Å². The van der Waals surface area contributed by atoms with Gasteiger partial charge in [-0.1, -0.05) is 17.3 Å². The van der Waals surface area contributed by atoms with Gasteiger partial charge in [0.25, 0.3) is 0 Å². The van der Waals surface area contributed by atoms with Crippen molar-refractivity contribution in [2.45, 2.75) is 51.0 Å². The molecule has 1 saturated heterocycles. The molecule has 1 aliphatic rings. The predicted octanol–water partition coefficient (Wildman–Crippen LogP) is 3.91. The van der Waals surface area contributed by atoms with E-state index < -0.39 is 5.60 Å². The molecule has 1 N–H and O–H groups in total.